The zero-order valence-electron chi connectivity index (χ0n) is 6.83. The monoisotopic (exact) mass is 209 g/mol. The molecule has 2 aromatic rings. The summed E-state index contributed by atoms with van der Waals surface area (Å²) in [4.78, 5) is 1.18. The minimum absolute atomic E-state index is 0.679. The van der Waals surface area contributed by atoms with Crippen LogP contribution >= 0.6 is 22.9 Å². The summed E-state index contributed by atoms with van der Waals surface area (Å²) in [6, 6.07) is 9.63. The van der Waals surface area contributed by atoms with Crippen LogP contribution in [0.1, 0.15) is 0 Å². The van der Waals surface area contributed by atoms with Gasteiger partial charge in [0.05, 0.1) is 0 Å². The average Bonchev–Trinajstić information content (AvgIpc) is 2.56. The molecule has 0 atom stereocenters. The molecular weight excluding hydrogens is 202 g/mol. The minimum Gasteiger partial charge on any atom is -0.398 e. The van der Waals surface area contributed by atoms with Crippen LogP contribution in [0.25, 0.3) is 10.4 Å². The van der Waals surface area contributed by atoms with Gasteiger partial charge in [-0.05, 0) is 23.6 Å². The van der Waals surface area contributed by atoms with Crippen LogP contribution in [0, 0.1) is 0 Å². The number of anilines is 1. The van der Waals surface area contributed by atoms with Crippen molar-refractivity contribution in [1.29, 1.82) is 0 Å². The molecule has 66 valence electrons. The fourth-order valence-electron chi connectivity index (χ4n) is 1.19. The molecule has 0 unspecified atom stereocenters. The van der Waals surface area contributed by atoms with Crippen molar-refractivity contribution in [2.75, 3.05) is 5.73 Å². The van der Waals surface area contributed by atoms with Gasteiger partial charge in [0.2, 0.25) is 0 Å². The number of halogens is 1. The van der Waals surface area contributed by atoms with Crippen LogP contribution in [0.3, 0.4) is 0 Å². The van der Waals surface area contributed by atoms with E-state index >= 15 is 0 Å². The lowest BCUT2D eigenvalue weighted by molar-refractivity contribution is 1.67. The summed E-state index contributed by atoms with van der Waals surface area (Å²) in [6.45, 7) is 0. The Bertz CT molecular complexity index is 409. The molecule has 0 aliphatic rings. The van der Waals surface area contributed by atoms with Crippen LogP contribution in [0.2, 0.25) is 5.02 Å². The molecule has 0 aliphatic carbocycles. The minimum atomic E-state index is 0.679. The van der Waals surface area contributed by atoms with Crippen LogP contribution in [0.5, 0.6) is 0 Å². The van der Waals surface area contributed by atoms with Crippen molar-refractivity contribution >= 4 is 28.6 Å². The van der Waals surface area contributed by atoms with Gasteiger partial charge in [-0.2, -0.15) is 0 Å². The zero-order valence-corrected chi connectivity index (χ0v) is 8.40. The Labute approximate surface area is 85.8 Å². The first-order chi connectivity index (χ1) is 6.27. The third-order valence-corrected chi connectivity index (χ3v) is 2.94. The van der Waals surface area contributed by atoms with Gasteiger partial charge >= 0.3 is 0 Å². The molecule has 2 rings (SSSR count). The van der Waals surface area contributed by atoms with Crippen LogP contribution < -0.4 is 5.73 Å². The quantitative estimate of drug-likeness (QED) is 0.713. The largest absolute Gasteiger partial charge is 0.398 e. The van der Waals surface area contributed by atoms with Gasteiger partial charge in [0, 0.05) is 21.2 Å². The molecule has 1 aromatic carbocycles. The third kappa shape index (κ3) is 1.69. The van der Waals surface area contributed by atoms with Gasteiger partial charge < -0.3 is 5.73 Å². The van der Waals surface area contributed by atoms with Crippen molar-refractivity contribution in [3.8, 4) is 10.4 Å². The second-order valence-electron chi connectivity index (χ2n) is 2.71. The highest BCUT2D eigenvalue weighted by Crippen LogP contribution is 2.31. The van der Waals surface area contributed by atoms with E-state index in [0.717, 1.165) is 11.3 Å². The van der Waals surface area contributed by atoms with E-state index in [-0.39, 0.29) is 0 Å². The first-order valence-corrected chi connectivity index (χ1v) is 5.12. The highest BCUT2D eigenvalue weighted by molar-refractivity contribution is 7.13. The van der Waals surface area contributed by atoms with Gasteiger partial charge in [-0.15, -0.1) is 11.3 Å². The SMILES string of the molecule is Nc1cc(Cl)ccc1-c1cccs1. The van der Waals surface area contributed by atoms with E-state index in [2.05, 4.69) is 0 Å². The summed E-state index contributed by atoms with van der Waals surface area (Å²) in [7, 11) is 0. The van der Waals surface area contributed by atoms with Crippen molar-refractivity contribution in [1.82, 2.24) is 0 Å². The fraction of sp³-hybridized carbons (Fsp3) is 0. The van der Waals surface area contributed by atoms with E-state index in [1.54, 1.807) is 17.4 Å². The van der Waals surface area contributed by atoms with Crippen molar-refractivity contribution in [3.63, 3.8) is 0 Å². The van der Waals surface area contributed by atoms with E-state index in [0.29, 0.717) is 5.02 Å². The summed E-state index contributed by atoms with van der Waals surface area (Å²) in [5.74, 6) is 0. The first kappa shape index (κ1) is 8.60. The molecule has 0 radical (unpaired) electrons. The Kier molecular flexibility index (Phi) is 2.25. The molecule has 0 bridgehead atoms. The van der Waals surface area contributed by atoms with Crippen LogP contribution in [0.15, 0.2) is 35.7 Å². The molecule has 0 fully saturated rings. The van der Waals surface area contributed by atoms with E-state index in [1.165, 1.54) is 4.88 Å². The number of nitrogens with two attached hydrogens (primary N) is 1. The van der Waals surface area contributed by atoms with Crippen molar-refractivity contribution < 1.29 is 0 Å². The van der Waals surface area contributed by atoms with Crippen molar-refractivity contribution in [2.24, 2.45) is 0 Å². The molecule has 0 spiro atoms. The summed E-state index contributed by atoms with van der Waals surface area (Å²) < 4.78 is 0. The molecule has 0 saturated carbocycles. The van der Waals surface area contributed by atoms with Crippen LogP contribution in [-0.2, 0) is 0 Å². The number of rotatable bonds is 1. The number of thiophene rings is 1. The van der Waals surface area contributed by atoms with E-state index in [1.807, 2.05) is 29.6 Å². The lowest BCUT2D eigenvalue weighted by atomic mass is 10.1. The zero-order chi connectivity index (χ0) is 9.26. The molecule has 0 amide bonds. The maximum atomic E-state index is 5.83. The molecule has 3 heteroatoms. The predicted molar refractivity (Wildman–Crippen MR) is 59.2 cm³/mol. The van der Waals surface area contributed by atoms with Gasteiger partial charge in [-0.25, -0.2) is 0 Å². The van der Waals surface area contributed by atoms with Crippen molar-refractivity contribution in [2.45, 2.75) is 0 Å². The lowest BCUT2D eigenvalue weighted by Gasteiger charge is -2.02. The molecule has 2 N–H and O–H groups in total. The van der Waals surface area contributed by atoms with Gasteiger partial charge in [0.15, 0.2) is 0 Å². The fourth-order valence-corrected chi connectivity index (χ4v) is 2.14. The second kappa shape index (κ2) is 3.40. The molecule has 0 saturated heterocycles. The Morgan fingerprint density at radius 1 is 1.23 bits per heavy atom. The standard InChI is InChI=1S/C10H8ClNS/c11-7-3-4-8(9(12)6-7)10-2-1-5-13-10/h1-6H,12H2. The molecule has 13 heavy (non-hydrogen) atoms. The van der Waals surface area contributed by atoms with Gasteiger partial charge in [-0.3, -0.25) is 0 Å². The predicted octanol–water partition coefficient (Wildman–Crippen LogP) is 3.65. The lowest BCUT2D eigenvalue weighted by Crippen LogP contribution is -1.87. The Hall–Kier alpha value is -0.990. The summed E-state index contributed by atoms with van der Waals surface area (Å²) in [5, 5.41) is 2.71. The number of benzene rings is 1. The maximum absolute atomic E-state index is 5.83. The second-order valence-corrected chi connectivity index (χ2v) is 4.09. The van der Waals surface area contributed by atoms with Gasteiger partial charge in [-0.1, -0.05) is 23.7 Å². The van der Waals surface area contributed by atoms with Crippen LogP contribution in [-0.4, -0.2) is 0 Å². The normalized spacial score (nSPS) is 10.2. The van der Waals surface area contributed by atoms with Gasteiger partial charge in [0.1, 0.15) is 0 Å². The molecular formula is C10H8ClNS. The number of nitrogen functional groups attached to an aromatic ring is 1. The maximum Gasteiger partial charge on any atom is 0.0426 e. The van der Waals surface area contributed by atoms with E-state index < -0.39 is 0 Å². The highest BCUT2D eigenvalue weighted by atomic mass is 35.5. The molecule has 1 heterocycles. The average molecular weight is 210 g/mol. The smallest absolute Gasteiger partial charge is 0.0426 e. The van der Waals surface area contributed by atoms with E-state index in [4.69, 9.17) is 17.3 Å². The third-order valence-electron chi connectivity index (χ3n) is 1.80. The van der Waals surface area contributed by atoms with Crippen molar-refractivity contribution in [3.05, 3.63) is 40.7 Å². The molecule has 0 aliphatic heterocycles. The Morgan fingerprint density at radius 2 is 2.08 bits per heavy atom. The summed E-state index contributed by atoms with van der Waals surface area (Å²) in [5.41, 5.74) is 7.62. The highest BCUT2D eigenvalue weighted by Gasteiger charge is 2.02. The summed E-state index contributed by atoms with van der Waals surface area (Å²) >= 11 is 7.47. The van der Waals surface area contributed by atoms with Gasteiger partial charge in [0.25, 0.3) is 0 Å². The first-order valence-electron chi connectivity index (χ1n) is 3.86. The Balaban J connectivity index is 2.53. The molecule has 1 aromatic heterocycles. The Morgan fingerprint density at radius 3 is 2.69 bits per heavy atom. The topological polar surface area (TPSA) is 26.0 Å². The molecule has 1 nitrogen and oxygen atoms in total. The number of hydrogen-bond donors (Lipinski definition) is 1. The van der Waals surface area contributed by atoms with Crippen LogP contribution in [0.4, 0.5) is 5.69 Å². The van der Waals surface area contributed by atoms with E-state index in [9.17, 15) is 0 Å². The summed E-state index contributed by atoms with van der Waals surface area (Å²) in [6.07, 6.45) is 0. The number of hydrogen-bond acceptors (Lipinski definition) is 2.